The van der Waals surface area contributed by atoms with Gasteiger partial charge >= 0.3 is 0 Å². The highest BCUT2D eigenvalue weighted by molar-refractivity contribution is 5.96. The number of rotatable bonds is 5. The van der Waals surface area contributed by atoms with Crippen LogP contribution in [0.1, 0.15) is 37.6 Å². The summed E-state index contributed by atoms with van der Waals surface area (Å²) in [4.78, 5) is 18.4. The first-order valence-corrected chi connectivity index (χ1v) is 9.58. The van der Waals surface area contributed by atoms with E-state index in [-0.39, 0.29) is 30.0 Å². The first-order chi connectivity index (χ1) is 13.9. The van der Waals surface area contributed by atoms with Gasteiger partial charge in [-0.15, -0.1) is 0 Å². The van der Waals surface area contributed by atoms with Gasteiger partial charge in [0.15, 0.2) is 0 Å². The van der Waals surface area contributed by atoms with Crippen molar-refractivity contribution in [3.8, 4) is 17.1 Å². The summed E-state index contributed by atoms with van der Waals surface area (Å²) in [6.07, 6.45) is 0.301. The standard InChI is InChI=1S/C22H22FN3O3/c1-13(2)28-17-7-5-15(6-8-17)21-24-22(29-25-21)16-11-20(27)26(12-16)19-9-4-14(3)10-18(19)23/h4-10,13,16H,11-12H2,1-3H3. The molecule has 0 aliphatic carbocycles. The minimum atomic E-state index is -0.408. The number of halogens is 1. The highest BCUT2D eigenvalue weighted by Gasteiger charge is 2.36. The Morgan fingerprint density at radius 1 is 1.21 bits per heavy atom. The first-order valence-electron chi connectivity index (χ1n) is 9.58. The number of hydrogen-bond donors (Lipinski definition) is 0. The van der Waals surface area contributed by atoms with E-state index in [9.17, 15) is 9.18 Å². The predicted octanol–water partition coefficient (Wildman–Crippen LogP) is 4.49. The van der Waals surface area contributed by atoms with E-state index in [1.165, 1.54) is 11.0 Å². The molecular weight excluding hydrogens is 373 g/mol. The smallest absolute Gasteiger partial charge is 0.232 e. The van der Waals surface area contributed by atoms with Crippen LogP contribution in [-0.2, 0) is 4.79 Å². The molecule has 3 aromatic rings. The van der Waals surface area contributed by atoms with Crippen molar-refractivity contribution in [1.29, 1.82) is 0 Å². The molecule has 1 amide bonds. The monoisotopic (exact) mass is 395 g/mol. The number of ether oxygens (including phenoxy) is 1. The quantitative estimate of drug-likeness (QED) is 0.637. The van der Waals surface area contributed by atoms with E-state index < -0.39 is 5.82 Å². The average molecular weight is 395 g/mol. The Bertz CT molecular complexity index is 1030. The second-order valence-electron chi connectivity index (χ2n) is 7.51. The van der Waals surface area contributed by atoms with Gasteiger partial charge in [-0.2, -0.15) is 4.98 Å². The Kier molecular flexibility index (Phi) is 5.05. The van der Waals surface area contributed by atoms with Crippen LogP contribution in [0.4, 0.5) is 10.1 Å². The van der Waals surface area contributed by atoms with Crippen molar-refractivity contribution in [3.63, 3.8) is 0 Å². The van der Waals surface area contributed by atoms with E-state index in [0.29, 0.717) is 18.3 Å². The zero-order valence-electron chi connectivity index (χ0n) is 16.6. The zero-order valence-corrected chi connectivity index (χ0v) is 16.6. The van der Waals surface area contributed by atoms with Crippen molar-refractivity contribution in [3.05, 3.63) is 59.7 Å². The lowest BCUT2D eigenvalue weighted by Crippen LogP contribution is -2.25. The second kappa shape index (κ2) is 7.66. The summed E-state index contributed by atoms with van der Waals surface area (Å²) < 4.78 is 25.3. The molecule has 2 heterocycles. The number of hydrogen-bond acceptors (Lipinski definition) is 5. The lowest BCUT2D eigenvalue weighted by molar-refractivity contribution is -0.117. The minimum Gasteiger partial charge on any atom is -0.491 e. The van der Waals surface area contributed by atoms with Crippen molar-refractivity contribution < 1.29 is 18.4 Å². The largest absolute Gasteiger partial charge is 0.491 e. The Balaban J connectivity index is 1.50. The number of aromatic nitrogens is 2. The summed E-state index contributed by atoms with van der Waals surface area (Å²) in [5.74, 6) is 0.758. The molecule has 1 unspecified atom stereocenters. The molecule has 0 bridgehead atoms. The molecule has 150 valence electrons. The van der Waals surface area contributed by atoms with Gasteiger partial charge in [-0.25, -0.2) is 4.39 Å². The maximum Gasteiger partial charge on any atom is 0.232 e. The number of nitrogens with zero attached hydrogens (tertiary/aromatic N) is 3. The number of anilines is 1. The number of carbonyl (C=O) groups is 1. The number of amides is 1. The maximum absolute atomic E-state index is 14.3. The van der Waals surface area contributed by atoms with E-state index >= 15 is 0 Å². The third kappa shape index (κ3) is 3.99. The highest BCUT2D eigenvalue weighted by atomic mass is 19.1. The molecule has 7 heteroatoms. The molecule has 1 saturated heterocycles. The third-order valence-corrected chi connectivity index (χ3v) is 4.79. The molecule has 1 fully saturated rings. The summed E-state index contributed by atoms with van der Waals surface area (Å²) in [5.41, 5.74) is 1.88. The predicted molar refractivity (Wildman–Crippen MR) is 106 cm³/mol. The second-order valence-corrected chi connectivity index (χ2v) is 7.51. The van der Waals surface area contributed by atoms with Crippen LogP contribution in [0.25, 0.3) is 11.4 Å². The molecule has 1 aliphatic rings. The number of carbonyl (C=O) groups excluding carboxylic acids is 1. The molecule has 2 aromatic carbocycles. The van der Waals surface area contributed by atoms with Crippen LogP contribution in [-0.4, -0.2) is 28.7 Å². The van der Waals surface area contributed by atoms with Crippen LogP contribution in [0, 0.1) is 12.7 Å². The topological polar surface area (TPSA) is 68.5 Å². The van der Waals surface area contributed by atoms with Crippen molar-refractivity contribution in [2.75, 3.05) is 11.4 Å². The maximum atomic E-state index is 14.3. The van der Waals surface area contributed by atoms with Crippen molar-refractivity contribution in [1.82, 2.24) is 10.1 Å². The molecular formula is C22H22FN3O3. The lowest BCUT2D eigenvalue weighted by atomic mass is 10.1. The number of benzene rings is 2. The zero-order chi connectivity index (χ0) is 20.5. The fourth-order valence-electron chi connectivity index (χ4n) is 3.41. The molecule has 0 N–H and O–H groups in total. The molecule has 1 atom stereocenters. The molecule has 6 nitrogen and oxygen atoms in total. The normalized spacial score (nSPS) is 16.7. The van der Waals surface area contributed by atoms with Gasteiger partial charge in [-0.3, -0.25) is 4.79 Å². The molecule has 29 heavy (non-hydrogen) atoms. The van der Waals surface area contributed by atoms with E-state index in [1.54, 1.807) is 12.1 Å². The van der Waals surface area contributed by atoms with E-state index in [1.807, 2.05) is 45.0 Å². The van der Waals surface area contributed by atoms with E-state index in [4.69, 9.17) is 9.26 Å². The highest BCUT2D eigenvalue weighted by Crippen LogP contribution is 2.33. The van der Waals surface area contributed by atoms with Gasteiger partial charge in [-0.05, 0) is 62.7 Å². The molecule has 1 aliphatic heterocycles. The van der Waals surface area contributed by atoms with Gasteiger partial charge in [0, 0.05) is 18.5 Å². The van der Waals surface area contributed by atoms with Gasteiger partial charge in [0.2, 0.25) is 17.6 Å². The Morgan fingerprint density at radius 2 is 1.97 bits per heavy atom. The first kappa shape index (κ1) is 19.1. The van der Waals surface area contributed by atoms with Gasteiger partial charge in [0.25, 0.3) is 0 Å². The van der Waals surface area contributed by atoms with E-state index in [0.717, 1.165) is 16.9 Å². The SMILES string of the molecule is Cc1ccc(N2CC(c3nc(-c4ccc(OC(C)C)cc4)no3)CC2=O)c(F)c1. The van der Waals surface area contributed by atoms with Crippen LogP contribution in [0.5, 0.6) is 5.75 Å². The Labute approximate surface area is 168 Å². The summed E-state index contributed by atoms with van der Waals surface area (Å²) >= 11 is 0. The van der Waals surface area contributed by atoms with Crippen molar-refractivity contribution in [2.24, 2.45) is 0 Å². The third-order valence-electron chi connectivity index (χ3n) is 4.79. The lowest BCUT2D eigenvalue weighted by Gasteiger charge is -2.17. The summed E-state index contributed by atoms with van der Waals surface area (Å²) in [6.45, 7) is 6.05. The molecule has 0 spiro atoms. The van der Waals surface area contributed by atoms with Gasteiger partial charge in [0.1, 0.15) is 11.6 Å². The summed E-state index contributed by atoms with van der Waals surface area (Å²) in [7, 11) is 0. The van der Waals surface area contributed by atoms with Crippen LogP contribution in [0.15, 0.2) is 47.0 Å². The molecule has 1 aromatic heterocycles. The molecule has 0 radical (unpaired) electrons. The van der Waals surface area contributed by atoms with Gasteiger partial charge in [-0.1, -0.05) is 11.2 Å². The molecule has 4 rings (SSSR count). The van der Waals surface area contributed by atoms with Crippen LogP contribution in [0.3, 0.4) is 0 Å². The summed E-state index contributed by atoms with van der Waals surface area (Å²) in [5, 5.41) is 4.04. The Hall–Kier alpha value is -3.22. The van der Waals surface area contributed by atoms with Gasteiger partial charge in [0.05, 0.1) is 17.7 Å². The number of aryl methyl sites for hydroxylation is 1. The molecule has 0 saturated carbocycles. The Morgan fingerprint density at radius 3 is 2.66 bits per heavy atom. The fraction of sp³-hybridized carbons (Fsp3) is 0.318. The minimum absolute atomic E-state index is 0.0962. The van der Waals surface area contributed by atoms with E-state index in [2.05, 4.69) is 10.1 Å². The van der Waals surface area contributed by atoms with Crippen LogP contribution in [0.2, 0.25) is 0 Å². The fourth-order valence-corrected chi connectivity index (χ4v) is 3.41. The summed E-state index contributed by atoms with van der Waals surface area (Å²) in [6, 6.07) is 12.3. The van der Waals surface area contributed by atoms with Crippen LogP contribution >= 0.6 is 0 Å². The van der Waals surface area contributed by atoms with Crippen LogP contribution < -0.4 is 9.64 Å². The average Bonchev–Trinajstić information content (AvgIpc) is 3.29. The van der Waals surface area contributed by atoms with Crippen molar-refractivity contribution >= 4 is 11.6 Å². The van der Waals surface area contributed by atoms with Gasteiger partial charge < -0.3 is 14.2 Å². The van der Waals surface area contributed by atoms with Crippen molar-refractivity contribution in [2.45, 2.75) is 39.2 Å².